The van der Waals surface area contributed by atoms with Gasteiger partial charge in [-0.1, -0.05) is 45.2 Å². The molecule has 104 valence electrons. The molecule has 0 unspecified atom stereocenters. The monoisotopic (exact) mass is 392 g/mol. The molecule has 0 aliphatic carbocycles. The van der Waals surface area contributed by atoms with Gasteiger partial charge in [-0.2, -0.15) is 0 Å². The van der Waals surface area contributed by atoms with Crippen molar-refractivity contribution in [3.63, 3.8) is 0 Å². The number of anilines is 2. The summed E-state index contributed by atoms with van der Waals surface area (Å²) in [7, 11) is 0. The van der Waals surface area contributed by atoms with Gasteiger partial charge in [0, 0.05) is 4.47 Å². The third-order valence-electron chi connectivity index (χ3n) is 2.38. The zero-order valence-electron chi connectivity index (χ0n) is 9.88. The molecular weight excluding hydrogens is 386 g/mol. The predicted octanol–water partition coefficient (Wildman–Crippen LogP) is 5.70. The van der Waals surface area contributed by atoms with Crippen LogP contribution in [0.25, 0.3) is 0 Å². The molecule has 0 spiro atoms. The van der Waals surface area contributed by atoms with E-state index in [0.717, 1.165) is 0 Å². The van der Waals surface area contributed by atoms with E-state index in [9.17, 15) is 4.39 Å². The van der Waals surface area contributed by atoms with E-state index in [0.29, 0.717) is 20.2 Å². The van der Waals surface area contributed by atoms with Crippen LogP contribution in [0.2, 0.25) is 10.0 Å². The highest BCUT2D eigenvalue weighted by Gasteiger charge is 2.08. The van der Waals surface area contributed by atoms with Crippen molar-refractivity contribution in [3.8, 4) is 0 Å². The standard InChI is InChI=1S/C13H8BrCl2FN2S/c14-7-4-5-10(9(17)6-7)18-13(20)19-11-3-1-2-8(15)12(11)16/h1-6H,(H2,18,19,20). The van der Waals surface area contributed by atoms with E-state index >= 15 is 0 Å². The second kappa shape index (κ2) is 6.72. The van der Waals surface area contributed by atoms with Gasteiger partial charge in [0.05, 0.1) is 21.4 Å². The molecule has 0 saturated carbocycles. The van der Waals surface area contributed by atoms with Crippen LogP contribution in [-0.2, 0) is 0 Å². The van der Waals surface area contributed by atoms with Gasteiger partial charge in [0.2, 0.25) is 0 Å². The number of hydrogen-bond donors (Lipinski definition) is 2. The van der Waals surface area contributed by atoms with Crippen LogP contribution >= 0.6 is 51.3 Å². The molecule has 7 heteroatoms. The van der Waals surface area contributed by atoms with Crippen molar-refractivity contribution in [1.82, 2.24) is 0 Å². The first-order chi connectivity index (χ1) is 9.47. The summed E-state index contributed by atoms with van der Waals surface area (Å²) in [5, 5.41) is 6.61. The first kappa shape index (κ1) is 15.5. The second-order valence-corrected chi connectivity index (χ2v) is 5.91. The Kier molecular flexibility index (Phi) is 5.21. The highest BCUT2D eigenvalue weighted by Crippen LogP contribution is 2.29. The van der Waals surface area contributed by atoms with Crippen molar-refractivity contribution in [1.29, 1.82) is 0 Å². The van der Waals surface area contributed by atoms with Crippen LogP contribution in [0, 0.1) is 5.82 Å². The van der Waals surface area contributed by atoms with E-state index in [4.69, 9.17) is 35.4 Å². The summed E-state index contributed by atoms with van der Waals surface area (Å²) in [5.41, 5.74) is 0.818. The van der Waals surface area contributed by atoms with E-state index in [-0.39, 0.29) is 10.8 Å². The Bertz CT molecular complexity index is 667. The minimum Gasteiger partial charge on any atom is -0.331 e. The molecule has 0 bridgehead atoms. The van der Waals surface area contributed by atoms with Crippen LogP contribution in [0.3, 0.4) is 0 Å². The molecule has 2 aromatic carbocycles. The van der Waals surface area contributed by atoms with Crippen LogP contribution in [0.5, 0.6) is 0 Å². The lowest BCUT2D eigenvalue weighted by Gasteiger charge is -2.13. The van der Waals surface area contributed by atoms with Crippen LogP contribution in [0.4, 0.5) is 15.8 Å². The SMILES string of the molecule is Fc1cc(Br)ccc1NC(=S)Nc1cccc(Cl)c1Cl. The summed E-state index contributed by atoms with van der Waals surface area (Å²) in [4.78, 5) is 0. The van der Waals surface area contributed by atoms with Gasteiger partial charge in [-0.15, -0.1) is 0 Å². The normalized spacial score (nSPS) is 10.2. The van der Waals surface area contributed by atoms with E-state index in [1.54, 1.807) is 30.3 Å². The van der Waals surface area contributed by atoms with Crippen LogP contribution in [-0.4, -0.2) is 5.11 Å². The molecule has 2 N–H and O–H groups in total. The fraction of sp³-hybridized carbons (Fsp3) is 0. The molecule has 0 fully saturated rings. The smallest absolute Gasteiger partial charge is 0.175 e. The van der Waals surface area contributed by atoms with Crippen molar-refractivity contribution in [2.45, 2.75) is 0 Å². The quantitative estimate of drug-likeness (QED) is 0.639. The molecule has 0 aliphatic heterocycles. The van der Waals surface area contributed by atoms with Gasteiger partial charge in [0.1, 0.15) is 5.82 Å². The molecular formula is C13H8BrCl2FN2S. The number of nitrogens with one attached hydrogen (secondary N) is 2. The van der Waals surface area contributed by atoms with E-state index < -0.39 is 5.82 Å². The number of halogens is 4. The van der Waals surface area contributed by atoms with Gasteiger partial charge >= 0.3 is 0 Å². The lowest BCUT2D eigenvalue weighted by Crippen LogP contribution is -2.20. The summed E-state index contributed by atoms with van der Waals surface area (Å²) < 4.78 is 14.3. The maximum absolute atomic E-state index is 13.7. The van der Waals surface area contributed by atoms with Gasteiger partial charge in [0.25, 0.3) is 0 Å². The molecule has 0 atom stereocenters. The average Bonchev–Trinajstić information content (AvgIpc) is 2.38. The first-order valence-electron chi connectivity index (χ1n) is 5.44. The van der Waals surface area contributed by atoms with Crippen molar-refractivity contribution in [3.05, 3.63) is 56.7 Å². The molecule has 0 aliphatic rings. The van der Waals surface area contributed by atoms with Crippen molar-refractivity contribution < 1.29 is 4.39 Å². The van der Waals surface area contributed by atoms with Crippen molar-refractivity contribution >= 4 is 67.8 Å². The van der Waals surface area contributed by atoms with Crippen LogP contribution < -0.4 is 10.6 Å². The Hall–Kier alpha value is -0.880. The van der Waals surface area contributed by atoms with Gasteiger partial charge in [-0.25, -0.2) is 4.39 Å². The van der Waals surface area contributed by atoms with Crippen molar-refractivity contribution in [2.75, 3.05) is 10.6 Å². The third kappa shape index (κ3) is 3.82. The molecule has 0 saturated heterocycles. The van der Waals surface area contributed by atoms with Gasteiger partial charge in [0.15, 0.2) is 5.11 Å². The second-order valence-electron chi connectivity index (χ2n) is 3.80. The van der Waals surface area contributed by atoms with Crippen molar-refractivity contribution in [2.24, 2.45) is 0 Å². The summed E-state index contributed by atoms with van der Waals surface area (Å²) in [6.45, 7) is 0. The summed E-state index contributed by atoms with van der Waals surface area (Å²) in [6.07, 6.45) is 0. The lowest BCUT2D eigenvalue weighted by atomic mass is 10.3. The number of thiocarbonyl (C=S) groups is 1. The minimum absolute atomic E-state index is 0.218. The molecule has 0 radical (unpaired) electrons. The maximum atomic E-state index is 13.7. The maximum Gasteiger partial charge on any atom is 0.175 e. The fourth-order valence-electron chi connectivity index (χ4n) is 1.47. The van der Waals surface area contributed by atoms with Gasteiger partial charge in [-0.05, 0) is 42.5 Å². The largest absolute Gasteiger partial charge is 0.331 e. The molecule has 2 nitrogen and oxygen atoms in total. The Balaban J connectivity index is 2.11. The highest BCUT2D eigenvalue weighted by atomic mass is 79.9. The lowest BCUT2D eigenvalue weighted by molar-refractivity contribution is 0.631. The van der Waals surface area contributed by atoms with E-state index in [1.165, 1.54) is 6.07 Å². The Morgan fingerprint density at radius 3 is 2.50 bits per heavy atom. The number of benzene rings is 2. The van der Waals surface area contributed by atoms with Gasteiger partial charge in [-0.3, -0.25) is 0 Å². The van der Waals surface area contributed by atoms with Gasteiger partial charge < -0.3 is 10.6 Å². The molecule has 0 heterocycles. The highest BCUT2D eigenvalue weighted by molar-refractivity contribution is 9.10. The molecule has 2 aromatic rings. The fourth-order valence-corrected chi connectivity index (χ4v) is 2.37. The van der Waals surface area contributed by atoms with E-state index in [1.807, 2.05) is 0 Å². The van der Waals surface area contributed by atoms with Crippen LogP contribution in [0.15, 0.2) is 40.9 Å². The summed E-state index contributed by atoms with van der Waals surface area (Å²) >= 11 is 20.2. The summed E-state index contributed by atoms with van der Waals surface area (Å²) in [6, 6.07) is 9.75. The number of hydrogen-bond acceptors (Lipinski definition) is 1. The number of rotatable bonds is 2. The Morgan fingerprint density at radius 2 is 1.80 bits per heavy atom. The first-order valence-corrected chi connectivity index (χ1v) is 7.40. The zero-order chi connectivity index (χ0) is 14.7. The average molecular weight is 394 g/mol. The molecule has 0 amide bonds. The molecule has 20 heavy (non-hydrogen) atoms. The summed E-state index contributed by atoms with van der Waals surface area (Å²) in [5.74, 6) is -0.416. The minimum atomic E-state index is -0.416. The molecule has 2 rings (SSSR count). The molecule has 0 aromatic heterocycles. The predicted molar refractivity (Wildman–Crippen MR) is 90.4 cm³/mol. The Morgan fingerprint density at radius 1 is 1.10 bits per heavy atom. The topological polar surface area (TPSA) is 24.1 Å². The Labute approximate surface area is 139 Å². The van der Waals surface area contributed by atoms with E-state index in [2.05, 4.69) is 26.6 Å². The third-order valence-corrected chi connectivity index (χ3v) is 3.90. The zero-order valence-corrected chi connectivity index (χ0v) is 13.8. The van der Waals surface area contributed by atoms with Crippen LogP contribution in [0.1, 0.15) is 0 Å².